The maximum absolute atomic E-state index is 13.7. The molecule has 2 aliphatic heterocycles. The van der Waals surface area contributed by atoms with Gasteiger partial charge in [-0.25, -0.2) is 9.59 Å². The van der Waals surface area contributed by atoms with Crippen LogP contribution in [-0.2, 0) is 66.6 Å². The van der Waals surface area contributed by atoms with E-state index >= 15 is 0 Å². The lowest BCUT2D eigenvalue weighted by Gasteiger charge is -2.24. The number of rotatable bonds is 32. The highest BCUT2D eigenvalue weighted by molar-refractivity contribution is 7.98. The Morgan fingerprint density at radius 2 is 1.34 bits per heavy atom. The van der Waals surface area contributed by atoms with Crippen LogP contribution in [0.15, 0.2) is 54.6 Å². The molecule has 17 nitrogen and oxygen atoms in total. The van der Waals surface area contributed by atoms with Gasteiger partial charge in [0.05, 0.1) is 12.1 Å². The summed E-state index contributed by atoms with van der Waals surface area (Å²) >= 11 is 1.78. The van der Waals surface area contributed by atoms with E-state index in [-0.39, 0.29) is 93.0 Å². The van der Waals surface area contributed by atoms with Gasteiger partial charge in [-0.2, -0.15) is 11.8 Å². The number of carbonyl (C=O) groups is 10. The average molecular weight is 961 g/mol. The van der Waals surface area contributed by atoms with Gasteiger partial charge >= 0.3 is 12.0 Å². The molecular formula is C50H68N6O11S. The third kappa shape index (κ3) is 19.7. The number of primary amides is 1. The minimum absolute atomic E-state index is 0.0116. The molecule has 2 saturated heterocycles. The number of thioether (sulfide) groups is 1. The van der Waals surface area contributed by atoms with Crippen molar-refractivity contribution in [2.45, 2.75) is 153 Å². The molecule has 0 saturated carbocycles. The fourth-order valence-corrected chi connectivity index (χ4v) is 8.96. The highest BCUT2D eigenvalue weighted by Crippen LogP contribution is 2.21. The Morgan fingerprint density at radius 3 is 1.97 bits per heavy atom. The number of urea groups is 1. The van der Waals surface area contributed by atoms with Crippen molar-refractivity contribution in [3.8, 4) is 0 Å². The van der Waals surface area contributed by atoms with Crippen LogP contribution in [0.2, 0.25) is 0 Å². The van der Waals surface area contributed by atoms with Crippen LogP contribution in [0.25, 0.3) is 0 Å². The number of carbonyl (C=O) groups excluding carboxylic acids is 10. The molecule has 0 bridgehead atoms. The van der Waals surface area contributed by atoms with E-state index in [0.29, 0.717) is 50.0 Å². The summed E-state index contributed by atoms with van der Waals surface area (Å²) in [5.41, 5.74) is 7.96. The molecule has 0 unspecified atom stereocenters. The molecule has 68 heavy (non-hydrogen) atoms. The molecular weight excluding hydrogens is 893 g/mol. The van der Waals surface area contributed by atoms with E-state index in [0.717, 1.165) is 47.5 Å². The number of nitrogens with two attached hydrogens (primary N) is 1. The van der Waals surface area contributed by atoms with E-state index in [1.54, 1.807) is 11.8 Å². The first-order valence-corrected chi connectivity index (χ1v) is 25.0. The van der Waals surface area contributed by atoms with Crippen molar-refractivity contribution in [3.63, 3.8) is 0 Å². The normalized spacial score (nSPS) is 15.9. The number of amides is 7. The number of nitrogens with zero attached hydrogens (tertiary/aromatic N) is 1. The lowest BCUT2D eigenvalue weighted by Crippen LogP contribution is -2.49. The summed E-state index contributed by atoms with van der Waals surface area (Å²) in [5.74, 6) is -2.31. The summed E-state index contributed by atoms with van der Waals surface area (Å²) < 4.78 is 0. The van der Waals surface area contributed by atoms with Crippen molar-refractivity contribution in [2.75, 3.05) is 12.3 Å². The number of nitrogens with one attached hydrogen (secondary N) is 4. The smallest absolute Gasteiger partial charge is 0.333 e. The lowest BCUT2D eigenvalue weighted by atomic mass is 9.88. The topological polar surface area (TPSA) is 257 Å². The van der Waals surface area contributed by atoms with E-state index in [2.05, 4.69) is 21.3 Å². The van der Waals surface area contributed by atoms with Crippen molar-refractivity contribution in [1.82, 2.24) is 26.3 Å². The number of imide groups is 1. The molecule has 2 aliphatic rings. The fraction of sp³-hybridized carbons (Fsp3) is 0.560. The first kappa shape index (κ1) is 54.7. The maximum Gasteiger partial charge on any atom is 0.333 e. The van der Waals surface area contributed by atoms with E-state index in [4.69, 9.17) is 10.6 Å². The Morgan fingerprint density at radius 1 is 0.735 bits per heavy atom. The molecule has 0 aromatic heterocycles. The van der Waals surface area contributed by atoms with Gasteiger partial charge in [0.25, 0.3) is 11.8 Å². The number of unbranched alkanes of at least 4 members (excludes halogenated alkanes) is 4. The molecule has 7 amide bonds. The first-order chi connectivity index (χ1) is 32.6. The second-order valence-corrected chi connectivity index (χ2v) is 19.0. The van der Waals surface area contributed by atoms with E-state index in [9.17, 15) is 47.9 Å². The van der Waals surface area contributed by atoms with E-state index < -0.39 is 53.8 Å². The van der Waals surface area contributed by atoms with E-state index in [1.165, 1.54) is 0 Å². The molecule has 0 radical (unpaired) electrons. The van der Waals surface area contributed by atoms with Crippen LogP contribution in [-0.4, -0.2) is 94.4 Å². The highest BCUT2D eigenvalue weighted by Gasteiger charge is 2.33. The van der Waals surface area contributed by atoms with Crippen molar-refractivity contribution < 1.29 is 52.8 Å². The van der Waals surface area contributed by atoms with Gasteiger partial charge in [-0.3, -0.25) is 38.4 Å². The van der Waals surface area contributed by atoms with Gasteiger partial charge in [0, 0.05) is 69.6 Å². The lowest BCUT2D eigenvalue weighted by molar-refractivity contribution is -0.197. The SMILES string of the molecule is CC(C)[C@H](CC(=O)CCCCCC(=O)ON1C(=O)CCC1=O)C(=O)N[C@@H](CCCNC(N)=O)C(=O)Cc1ccc(CSCCCCC[C@H](NC(=O)[C@H]2CCC(=O)N2)C(=O)Cc2ccccc2)cc1. The van der Waals surface area contributed by atoms with Crippen molar-refractivity contribution in [1.29, 1.82) is 0 Å². The summed E-state index contributed by atoms with van der Waals surface area (Å²) in [5, 5.41) is 11.5. The summed E-state index contributed by atoms with van der Waals surface area (Å²) in [6, 6.07) is 14.4. The zero-order valence-electron chi connectivity index (χ0n) is 39.4. The predicted molar refractivity (Wildman–Crippen MR) is 255 cm³/mol. The molecule has 370 valence electrons. The van der Waals surface area contributed by atoms with Crippen LogP contribution >= 0.6 is 11.8 Å². The van der Waals surface area contributed by atoms with Crippen molar-refractivity contribution >= 4 is 70.6 Å². The maximum atomic E-state index is 13.7. The zero-order chi connectivity index (χ0) is 49.4. The van der Waals surface area contributed by atoms with Gasteiger partial charge in [0.15, 0.2) is 11.6 Å². The van der Waals surface area contributed by atoms with Crippen LogP contribution < -0.4 is 27.0 Å². The molecule has 2 aromatic rings. The Hall–Kier alpha value is -5.91. The van der Waals surface area contributed by atoms with Gasteiger partial charge in [-0.05, 0) is 73.3 Å². The quantitative estimate of drug-likeness (QED) is 0.0486. The number of benzene rings is 2. The molecule has 6 N–H and O–H groups in total. The number of hydroxylamine groups is 2. The highest BCUT2D eigenvalue weighted by atomic mass is 32.2. The summed E-state index contributed by atoms with van der Waals surface area (Å²) in [4.78, 5) is 130. The summed E-state index contributed by atoms with van der Waals surface area (Å²) in [6.07, 6.45) is 6.26. The predicted octanol–water partition coefficient (Wildman–Crippen LogP) is 4.89. The van der Waals surface area contributed by atoms with Crippen molar-refractivity contribution in [2.24, 2.45) is 17.6 Å². The molecule has 0 aliphatic carbocycles. The number of Topliss-reactive ketones (excluding diaryl/α,β-unsaturated/α-hetero) is 3. The standard InChI is InChI=1S/C50H68N6O11S/c1-33(2)38(31-37(57)15-8-4-10-18-47(63)67-56-45(61)25-26-46(56)62)48(64)54-40(17-12-27-52-50(51)66)43(59)30-35-19-21-36(22-20-35)32-68-28-11-5-9-16-39(42(58)29-34-13-6-3-7-14-34)55-49(65)41-23-24-44(60)53-41/h3,6-7,13-14,19-22,33,38-41H,4-5,8-12,15-18,23-32H2,1-2H3,(H,53,60)(H,54,64)(H,55,65)(H3,51,52,66)/t38-,39-,40-,41+/m0/s1. The van der Waals surface area contributed by atoms with Crippen LogP contribution in [0.3, 0.4) is 0 Å². The molecule has 2 aromatic carbocycles. The molecule has 18 heteroatoms. The van der Waals surface area contributed by atoms with Gasteiger partial charge in [0.2, 0.25) is 17.7 Å². The number of ketones is 3. The van der Waals surface area contributed by atoms with Gasteiger partial charge in [-0.1, -0.05) is 87.7 Å². The molecule has 2 fully saturated rings. The minimum Gasteiger partial charge on any atom is -0.352 e. The molecule has 4 rings (SSSR count). The van der Waals surface area contributed by atoms with Crippen LogP contribution in [0.5, 0.6) is 0 Å². The van der Waals surface area contributed by atoms with Gasteiger partial charge in [-0.15, -0.1) is 5.06 Å². The van der Waals surface area contributed by atoms with Gasteiger partial charge in [0.1, 0.15) is 11.8 Å². The third-order valence-corrected chi connectivity index (χ3v) is 13.1. The van der Waals surface area contributed by atoms with Crippen molar-refractivity contribution in [3.05, 3.63) is 71.3 Å². The average Bonchev–Trinajstić information content (AvgIpc) is 3.89. The van der Waals surface area contributed by atoms with Crippen LogP contribution in [0, 0.1) is 11.8 Å². The Kier molecular flexibility index (Phi) is 23.4. The second kappa shape index (κ2) is 29.1. The van der Waals surface area contributed by atoms with Crippen LogP contribution in [0.1, 0.15) is 133 Å². The number of hydrogen-bond donors (Lipinski definition) is 5. The monoisotopic (exact) mass is 960 g/mol. The Balaban J connectivity index is 1.19. The molecule has 0 spiro atoms. The Bertz CT molecular complexity index is 2050. The molecule has 4 atom stereocenters. The zero-order valence-corrected chi connectivity index (χ0v) is 40.2. The first-order valence-electron chi connectivity index (χ1n) is 23.9. The van der Waals surface area contributed by atoms with E-state index in [1.807, 2.05) is 68.4 Å². The Labute approximate surface area is 402 Å². The fourth-order valence-electron chi connectivity index (χ4n) is 7.98. The van der Waals surface area contributed by atoms with Gasteiger partial charge < -0.3 is 31.8 Å². The largest absolute Gasteiger partial charge is 0.352 e. The number of hydrogen-bond acceptors (Lipinski definition) is 12. The molecule has 2 heterocycles. The van der Waals surface area contributed by atoms with Crippen LogP contribution in [0.4, 0.5) is 4.79 Å². The minimum atomic E-state index is -0.863. The summed E-state index contributed by atoms with van der Waals surface area (Å²) in [6.45, 7) is 3.89. The summed E-state index contributed by atoms with van der Waals surface area (Å²) in [7, 11) is 0. The second-order valence-electron chi connectivity index (χ2n) is 17.9. The third-order valence-electron chi connectivity index (χ3n) is 12.0.